The lowest BCUT2D eigenvalue weighted by Crippen LogP contribution is -2.31. The Morgan fingerprint density at radius 1 is 1.47 bits per heavy atom. The molecule has 0 radical (unpaired) electrons. The van der Waals surface area contributed by atoms with Crippen molar-refractivity contribution in [3.63, 3.8) is 0 Å². The van der Waals surface area contributed by atoms with Gasteiger partial charge in [0.1, 0.15) is 6.29 Å². The standard InChI is InChI=1S/C12H15F2NO2/c1-9-6-11(3-2-10(9)8-17)15(4-5-16)7-12(13)14/h2-3,6,8,12,16H,4-5,7H2,1H3. The average Bonchev–Trinajstić information content (AvgIpc) is 2.28. The third-order valence-electron chi connectivity index (χ3n) is 2.47. The highest BCUT2D eigenvalue weighted by atomic mass is 19.3. The zero-order valence-electron chi connectivity index (χ0n) is 9.57. The number of hydrogen-bond acceptors (Lipinski definition) is 3. The Morgan fingerprint density at radius 2 is 2.18 bits per heavy atom. The normalized spacial score (nSPS) is 10.6. The summed E-state index contributed by atoms with van der Waals surface area (Å²) in [6, 6.07) is 4.87. The van der Waals surface area contributed by atoms with E-state index in [1.165, 1.54) is 4.90 Å². The van der Waals surface area contributed by atoms with Crippen molar-refractivity contribution in [2.75, 3.05) is 24.6 Å². The minimum Gasteiger partial charge on any atom is -0.395 e. The van der Waals surface area contributed by atoms with E-state index < -0.39 is 13.0 Å². The van der Waals surface area contributed by atoms with Crippen molar-refractivity contribution in [2.45, 2.75) is 13.3 Å². The van der Waals surface area contributed by atoms with Crippen LogP contribution < -0.4 is 4.90 Å². The van der Waals surface area contributed by atoms with Crippen molar-refractivity contribution in [3.8, 4) is 0 Å². The number of halogens is 2. The number of aliphatic hydroxyl groups excluding tert-OH is 1. The number of aryl methyl sites for hydroxylation is 1. The lowest BCUT2D eigenvalue weighted by Gasteiger charge is -2.24. The molecule has 17 heavy (non-hydrogen) atoms. The number of carbonyl (C=O) groups excluding carboxylic acids is 1. The summed E-state index contributed by atoms with van der Waals surface area (Å²) in [4.78, 5) is 12.0. The fourth-order valence-electron chi connectivity index (χ4n) is 1.60. The highest BCUT2D eigenvalue weighted by molar-refractivity contribution is 5.78. The molecule has 0 aliphatic carbocycles. The second-order valence-corrected chi connectivity index (χ2v) is 3.72. The Kier molecular flexibility index (Phi) is 5.03. The monoisotopic (exact) mass is 243 g/mol. The number of alkyl halides is 2. The maximum atomic E-state index is 12.4. The molecule has 1 aromatic carbocycles. The van der Waals surface area contributed by atoms with E-state index in [2.05, 4.69) is 0 Å². The van der Waals surface area contributed by atoms with Crippen LogP contribution in [-0.4, -0.2) is 37.5 Å². The van der Waals surface area contributed by atoms with E-state index in [0.29, 0.717) is 11.3 Å². The molecule has 0 amide bonds. The maximum Gasteiger partial charge on any atom is 0.255 e. The lowest BCUT2D eigenvalue weighted by molar-refractivity contribution is 0.112. The van der Waals surface area contributed by atoms with Crippen molar-refractivity contribution < 1.29 is 18.7 Å². The van der Waals surface area contributed by atoms with Crippen LogP contribution in [-0.2, 0) is 0 Å². The van der Waals surface area contributed by atoms with Gasteiger partial charge in [-0.25, -0.2) is 8.78 Å². The molecule has 0 aromatic heterocycles. The van der Waals surface area contributed by atoms with Gasteiger partial charge in [-0.1, -0.05) is 0 Å². The molecule has 0 aliphatic rings. The Labute approximate surface area is 98.7 Å². The molecule has 0 saturated heterocycles. The largest absolute Gasteiger partial charge is 0.395 e. The average molecular weight is 243 g/mol. The van der Waals surface area contributed by atoms with E-state index in [9.17, 15) is 13.6 Å². The van der Waals surface area contributed by atoms with Crippen LogP contribution in [0.5, 0.6) is 0 Å². The van der Waals surface area contributed by atoms with E-state index >= 15 is 0 Å². The van der Waals surface area contributed by atoms with E-state index in [0.717, 1.165) is 11.8 Å². The first-order chi connectivity index (χ1) is 8.08. The Hall–Kier alpha value is -1.49. The zero-order valence-corrected chi connectivity index (χ0v) is 9.57. The minimum atomic E-state index is -2.47. The van der Waals surface area contributed by atoms with Crippen LogP contribution in [0, 0.1) is 6.92 Å². The van der Waals surface area contributed by atoms with Gasteiger partial charge in [-0.15, -0.1) is 0 Å². The van der Waals surface area contributed by atoms with Crippen LogP contribution in [0.1, 0.15) is 15.9 Å². The molecule has 3 nitrogen and oxygen atoms in total. The Morgan fingerprint density at radius 3 is 2.65 bits per heavy atom. The van der Waals surface area contributed by atoms with E-state index in [1.807, 2.05) is 0 Å². The molecular weight excluding hydrogens is 228 g/mol. The number of anilines is 1. The van der Waals surface area contributed by atoms with Gasteiger partial charge in [0.25, 0.3) is 6.43 Å². The van der Waals surface area contributed by atoms with E-state index in [4.69, 9.17) is 5.11 Å². The molecule has 0 aliphatic heterocycles. The molecule has 1 rings (SSSR count). The molecule has 0 saturated carbocycles. The van der Waals surface area contributed by atoms with Crippen LogP contribution in [0.15, 0.2) is 18.2 Å². The summed E-state index contributed by atoms with van der Waals surface area (Å²) in [5.74, 6) is 0. The number of carbonyl (C=O) groups is 1. The van der Waals surface area contributed by atoms with Crippen LogP contribution in [0.3, 0.4) is 0 Å². The summed E-state index contributed by atoms with van der Waals surface area (Å²) in [7, 11) is 0. The summed E-state index contributed by atoms with van der Waals surface area (Å²) in [5.41, 5.74) is 1.85. The van der Waals surface area contributed by atoms with Crippen LogP contribution in [0.2, 0.25) is 0 Å². The van der Waals surface area contributed by atoms with Gasteiger partial charge in [-0.05, 0) is 30.7 Å². The smallest absolute Gasteiger partial charge is 0.255 e. The van der Waals surface area contributed by atoms with E-state index in [-0.39, 0.29) is 13.2 Å². The third kappa shape index (κ3) is 3.78. The summed E-state index contributed by atoms with van der Waals surface area (Å²) in [5, 5.41) is 8.84. The van der Waals surface area contributed by atoms with Gasteiger partial charge in [0.2, 0.25) is 0 Å². The second-order valence-electron chi connectivity index (χ2n) is 3.72. The number of aliphatic hydroxyl groups is 1. The first-order valence-electron chi connectivity index (χ1n) is 5.28. The fourth-order valence-corrected chi connectivity index (χ4v) is 1.60. The SMILES string of the molecule is Cc1cc(N(CCO)CC(F)F)ccc1C=O. The number of aldehydes is 1. The van der Waals surface area contributed by atoms with Gasteiger partial charge in [-0.2, -0.15) is 0 Å². The fraction of sp³-hybridized carbons (Fsp3) is 0.417. The van der Waals surface area contributed by atoms with Crippen LogP contribution in [0.25, 0.3) is 0 Å². The molecule has 0 spiro atoms. The predicted octanol–water partition coefficient (Wildman–Crippen LogP) is 1.87. The predicted molar refractivity (Wildman–Crippen MR) is 61.9 cm³/mol. The topological polar surface area (TPSA) is 40.5 Å². The van der Waals surface area contributed by atoms with Gasteiger partial charge >= 0.3 is 0 Å². The van der Waals surface area contributed by atoms with Gasteiger partial charge in [-0.3, -0.25) is 4.79 Å². The van der Waals surface area contributed by atoms with Crippen molar-refractivity contribution in [3.05, 3.63) is 29.3 Å². The maximum absolute atomic E-state index is 12.4. The van der Waals surface area contributed by atoms with Crippen molar-refractivity contribution in [2.24, 2.45) is 0 Å². The van der Waals surface area contributed by atoms with Gasteiger partial charge in [0, 0.05) is 17.8 Å². The first kappa shape index (κ1) is 13.6. The highest BCUT2D eigenvalue weighted by Gasteiger charge is 2.13. The molecular formula is C12H15F2NO2. The van der Waals surface area contributed by atoms with Crippen molar-refractivity contribution in [1.29, 1.82) is 0 Å². The molecule has 0 unspecified atom stereocenters. The molecule has 1 aromatic rings. The highest BCUT2D eigenvalue weighted by Crippen LogP contribution is 2.19. The van der Waals surface area contributed by atoms with Crippen LogP contribution in [0.4, 0.5) is 14.5 Å². The Balaban J connectivity index is 2.93. The summed E-state index contributed by atoms with van der Waals surface area (Å²) in [6.45, 7) is 1.26. The van der Waals surface area contributed by atoms with Gasteiger partial charge in [0.15, 0.2) is 0 Å². The Bertz CT molecular complexity index is 383. The number of rotatable bonds is 6. The number of nitrogens with zero attached hydrogens (tertiary/aromatic N) is 1. The lowest BCUT2D eigenvalue weighted by atomic mass is 10.1. The van der Waals surface area contributed by atoms with Gasteiger partial charge < -0.3 is 10.0 Å². The molecule has 94 valence electrons. The summed E-state index contributed by atoms with van der Waals surface area (Å²) in [6.07, 6.45) is -1.74. The molecule has 1 N–H and O–H groups in total. The van der Waals surface area contributed by atoms with Crippen molar-refractivity contribution >= 4 is 12.0 Å². The van der Waals surface area contributed by atoms with E-state index in [1.54, 1.807) is 25.1 Å². The first-order valence-corrected chi connectivity index (χ1v) is 5.28. The third-order valence-corrected chi connectivity index (χ3v) is 2.47. The molecule has 0 fully saturated rings. The molecule has 0 bridgehead atoms. The summed E-state index contributed by atoms with van der Waals surface area (Å²) < 4.78 is 24.7. The second kappa shape index (κ2) is 6.30. The summed E-state index contributed by atoms with van der Waals surface area (Å²) >= 11 is 0. The minimum absolute atomic E-state index is 0.143. The number of hydrogen-bond donors (Lipinski definition) is 1. The van der Waals surface area contributed by atoms with Crippen molar-refractivity contribution in [1.82, 2.24) is 0 Å². The molecule has 0 heterocycles. The van der Waals surface area contributed by atoms with Crippen LogP contribution >= 0.6 is 0 Å². The number of benzene rings is 1. The van der Waals surface area contributed by atoms with Gasteiger partial charge in [0.05, 0.1) is 13.2 Å². The zero-order chi connectivity index (χ0) is 12.8. The quantitative estimate of drug-likeness (QED) is 0.775. The molecule has 0 atom stereocenters. The molecule has 5 heteroatoms.